The van der Waals surface area contributed by atoms with E-state index in [1.54, 1.807) is 18.5 Å². The molecular formula is C19H22N4O. The van der Waals surface area contributed by atoms with E-state index in [9.17, 15) is 4.79 Å². The molecule has 0 aliphatic carbocycles. The lowest BCUT2D eigenvalue weighted by Crippen LogP contribution is -2.38. The van der Waals surface area contributed by atoms with E-state index in [0.29, 0.717) is 5.92 Å². The highest BCUT2D eigenvalue weighted by Gasteiger charge is 2.23. The first-order valence-corrected chi connectivity index (χ1v) is 8.27. The normalized spacial score (nSPS) is 17.9. The summed E-state index contributed by atoms with van der Waals surface area (Å²) in [5, 5.41) is 3.07. The molecule has 1 amide bonds. The summed E-state index contributed by atoms with van der Waals surface area (Å²) in [5.74, 6) is 1.31. The fourth-order valence-corrected chi connectivity index (χ4v) is 3.03. The van der Waals surface area contributed by atoms with Gasteiger partial charge in [0.05, 0.1) is 0 Å². The van der Waals surface area contributed by atoms with Gasteiger partial charge in [-0.05, 0) is 54.3 Å². The molecule has 5 heteroatoms. The highest BCUT2D eigenvalue weighted by molar-refractivity contribution is 5.91. The summed E-state index contributed by atoms with van der Waals surface area (Å²) in [5.41, 5.74) is 2.23. The van der Waals surface area contributed by atoms with Crippen LogP contribution in [0.1, 0.15) is 29.9 Å². The lowest BCUT2D eigenvalue weighted by atomic mass is 9.91. The van der Waals surface area contributed by atoms with Crippen LogP contribution in [0.25, 0.3) is 6.08 Å². The van der Waals surface area contributed by atoms with Gasteiger partial charge in [-0.25, -0.2) is 4.98 Å². The van der Waals surface area contributed by atoms with Crippen molar-refractivity contribution in [1.82, 2.24) is 14.9 Å². The molecular weight excluding hydrogens is 300 g/mol. The molecule has 0 unspecified atom stereocenters. The summed E-state index contributed by atoms with van der Waals surface area (Å²) in [6.07, 6.45) is 10.9. The zero-order chi connectivity index (χ0) is 16.8. The summed E-state index contributed by atoms with van der Waals surface area (Å²) in [4.78, 5) is 22.6. The molecule has 24 heavy (non-hydrogen) atoms. The van der Waals surface area contributed by atoms with Crippen LogP contribution in [-0.2, 0) is 4.79 Å². The molecule has 3 rings (SSSR count). The van der Waals surface area contributed by atoms with Gasteiger partial charge in [-0.2, -0.15) is 0 Å². The zero-order valence-electron chi connectivity index (χ0n) is 13.9. The van der Waals surface area contributed by atoms with E-state index in [4.69, 9.17) is 0 Å². The quantitative estimate of drug-likeness (QED) is 0.879. The largest absolute Gasteiger partial charge is 0.373 e. The first-order valence-electron chi connectivity index (χ1n) is 8.27. The van der Waals surface area contributed by atoms with Crippen LogP contribution in [0, 0.1) is 0 Å². The second kappa shape index (κ2) is 7.73. The van der Waals surface area contributed by atoms with Gasteiger partial charge in [0, 0.05) is 50.7 Å². The van der Waals surface area contributed by atoms with Crippen molar-refractivity contribution >= 4 is 17.8 Å². The Bertz CT molecular complexity index is 714. The number of likely N-dealkylation sites (tertiary alicyclic amines) is 1. The average molecular weight is 322 g/mol. The van der Waals surface area contributed by atoms with Crippen molar-refractivity contribution < 1.29 is 4.79 Å². The van der Waals surface area contributed by atoms with Crippen LogP contribution in [-0.4, -0.2) is 40.9 Å². The molecule has 0 aromatic carbocycles. The molecule has 1 atom stereocenters. The zero-order valence-corrected chi connectivity index (χ0v) is 13.9. The molecule has 2 aromatic rings. The number of carbonyl (C=O) groups excluding carboxylic acids is 1. The minimum absolute atomic E-state index is 0.0689. The van der Waals surface area contributed by atoms with Crippen molar-refractivity contribution in [1.29, 1.82) is 0 Å². The smallest absolute Gasteiger partial charge is 0.246 e. The Kier molecular flexibility index (Phi) is 5.21. The second-order valence-electron chi connectivity index (χ2n) is 5.96. The summed E-state index contributed by atoms with van der Waals surface area (Å²) in [7, 11) is 1.87. The third-order valence-corrected chi connectivity index (χ3v) is 4.37. The molecule has 1 N–H and O–H groups in total. The molecule has 2 aromatic heterocycles. The van der Waals surface area contributed by atoms with E-state index in [0.717, 1.165) is 37.3 Å². The minimum Gasteiger partial charge on any atom is -0.373 e. The number of pyridine rings is 2. The summed E-state index contributed by atoms with van der Waals surface area (Å²) in [6, 6.07) is 7.90. The maximum Gasteiger partial charge on any atom is 0.246 e. The van der Waals surface area contributed by atoms with Crippen LogP contribution in [0.5, 0.6) is 0 Å². The fraction of sp³-hybridized carbons (Fsp3) is 0.316. The summed E-state index contributed by atoms with van der Waals surface area (Å²) < 4.78 is 0. The molecule has 1 aliphatic rings. The minimum atomic E-state index is 0.0689. The van der Waals surface area contributed by atoms with Crippen molar-refractivity contribution in [3.8, 4) is 0 Å². The molecule has 0 spiro atoms. The highest BCUT2D eigenvalue weighted by Crippen LogP contribution is 2.28. The van der Waals surface area contributed by atoms with Crippen LogP contribution in [0.15, 0.2) is 48.9 Å². The number of piperidine rings is 1. The van der Waals surface area contributed by atoms with Gasteiger partial charge < -0.3 is 10.2 Å². The van der Waals surface area contributed by atoms with Gasteiger partial charge in [-0.3, -0.25) is 9.78 Å². The van der Waals surface area contributed by atoms with Crippen LogP contribution in [0.2, 0.25) is 0 Å². The SMILES string of the molecule is CNc1cc([C@H]2CCCN(C(=O)/C=C/c3ccncc3)C2)ccn1. The van der Waals surface area contributed by atoms with Crippen LogP contribution in [0.3, 0.4) is 0 Å². The molecule has 0 radical (unpaired) electrons. The third-order valence-electron chi connectivity index (χ3n) is 4.37. The monoisotopic (exact) mass is 322 g/mol. The van der Waals surface area contributed by atoms with E-state index >= 15 is 0 Å². The van der Waals surface area contributed by atoms with Gasteiger partial charge in [0.15, 0.2) is 0 Å². The van der Waals surface area contributed by atoms with Gasteiger partial charge in [-0.1, -0.05) is 0 Å². The predicted molar refractivity (Wildman–Crippen MR) is 95.6 cm³/mol. The van der Waals surface area contributed by atoms with Gasteiger partial charge in [0.25, 0.3) is 0 Å². The van der Waals surface area contributed by atoms with Crippen molar-refractivity contribution in [3.05, 3.63) is 60.1 Å². The maximum absolute atomic E-state index is 12.5. The number of nitrogens with one attached hydrogen (secondary N) is 1. The first kappa shape index (κ1) is 16.2. The van der Waals surface area contributed by atoms with Crippen molar-refractivity contribution in [2.75, 3.05) is 25.5 Å². The maximum atomic E-state index is 12.5. The highest BCUT2D eigenvalue weighted by atomic mass is 16.2. The number of aromatic nitrogens is 2. The molecule has 1 saturated heterocycles. The number of rotatable bonds is 4. The number of anilines is 1. The van der Waals surface area contributed by atoms with Crippen LogP contribution in [0.4, 0.5) is 5.82 Å². The number of hydrogen-bond donors (Lipinski definition) is 1. The molecule has 1 aliphatic heterocycles. The molecule has 0 saturated carbocycles. The van der Waals surface area contributed by atoms with E-state index in [1.165, 1.54) is 5.56 Å². The molecule has 0 bridgehead atoms. The van der Waals surface area contributed by atoms with E-state index in [2.05, 4.69) is 21.4 Å². The Balaban J connectivity index is 1.66. The lowest BCUT2D eigenvalue weighted by Gasteiger charge is -2.32. The standard InChI is InChI=1S/C19H22N4O/c1-20-18-13-16(8-11-22-18)17-3-2-12-23(14-17)19(24)5-4-15-6-9-21-10-7-15/h4-11,13,17H,2-3,12,14H2,1H3,(H,20,22)/b5-4+/t17-/m0/s1. The number of hydrogen-bond acceptors (Lipinski definition) is 4. The fourth-order valence-electron chi connectivity index (χ4n) is 3.03. The van der Waals surface area contributed by atoms with Crippen molar-refractivity contribution in [2.45, 2.75) is 18.8 Å². The van der Waals surface area contributed by atoms with Gasteiger partial charge >= 0.3 is 0 Å². The molecule has 3 heterocycles. The van der Waals surface area contributed by atoms with Crippen molar-refractivity contribution in [3.63, 3.8) is 0 Å². The van der Waals surface area contributed by atoms with Crippen LogP contribution >= 0.6 is 0 Å². The first-order chi connectivity index (χ1) is 11.8. The Morgan fingerprint density at radius 1 is 1.29 bits per heavy atom. The Morgan fingerprint density at radius 2 is 2.12 bits per heavy atom. The number of nitrogens with zero attached hydrogens (tertiary/aromatic N) is 3. The van der Waals surface area contributed by atoms with E-state index in [1.807, 2.05) is 42.4 Å². The summed E-state index contributed by atoms with van der Waals surface area (Å²) >= 11 is 0. The van der Waals surface area contributed by atoms with Crippen molar-refractivity contribution in [2.24, 2.45) is 0 Å². The predicted octanol–water partition coefficient (Wildman–Crippen LogP) is 2.94. The third kappa shape index (κ3) is 3.98. The Hall–Kier alpha value is -2.69. The Morgan fingerprint density at radius 3 is 2.92 bits per heavy atom. The lowest BCUT2D eigenvalue weighted by molar-refractivity contribution is -0.127. The van der Waals surface area contributed by atoms with Gasteiger partial charge in [0.1, 0.15) is 5.82 Å². The molecule has 5 nitrogen and oxygen atoms in total. The van der Waals surface area contributed by atoms with Crippen LogP contribution < -0.4 is 5.32 Å². The topological polar surface area (TPSA) is 58.1 Å². The summed E-state index contributed by atoms with van der Waals surface area (Å²) in [6.45, 7) is 1.58. The van der Waals surface area contributed by atoms with Gasteiger partial charge in [0.2, 0.25) is 5.91 Å². The second-order valence-corrected chi connectivity index (χ2v) is 5.96. The Labute approximate surface area is 142 Å². The molecule has 1 fully saturated rings. The average Bonchev–Trinajstić information content (AvgIpc) is 2.67. The molecule has 124 valence electrons. The number of carbonyl (C=O) groups is 1. The number of amides is 1. The van der Waals surface area contributed by atoms with E-state index < -0.39 is 0 Å². The van der Waals surface area contributed by atoms with Gasteiger partial charge in [-0.15, -0.1) is 0 Å². The van der Waals surface area contributed by atoms with E-state index in [-0.39, 0.29) is 5.91 Å².